The fourth-order valence-corrected chi connectivity index (χ4v) is 2.10. The molecule has 1 heterocycles. The van der Waals surface area contributed by atoms with Crippen LogP contribution in [0.2, 0.25) is 5.02 Å². The summed E-state index contributed by atoms with van der Waals surface area (Å²) in [6.07, 6.45) is 0.835. The highest BCUT2D eigenvalue weighted by molar-refractivity contribution is 7.09. The monoisotopic (exact) mass is 256 g/mol. The van der Waals surface area contributed by atoms with Gasteiger partial charge in [-0.1, -0.05) is 17.7 Å². The van der Waals surface area contributed by atoms with Crippen molar-refractivity contribution in [3.05, 3.63) is 51.4 Å². The molecule has 2 aromatic rings. The standard InChI is InChI=1S/C12H10ClFOS/c13-11-4-3-9(8-12(11)14)15-6-5-10-2-1-7-16-10/h1-4,7-8H,5-6H2. The molecule has 16 heavy (non-hydrogen) atoms. The normalized spacial score (nSPS) is 10.4. The van der Waals surface area contributed by atoms with Crippen molar-refractivity contribution in [3.63, 3.8) is 0 Å². The van der Waals surface area contributed by atoms with Gasteiger partial charge in [-0.15, -0.1) is 11.3 Å². The fraction of sp³-hybridized carbons (Fsp3) is 0.167. The van der Waals surface area contributed by atoms with Gasteiger partial charge >= 0.3 is 0 Å². The van der Waals surface area contributed by atoms with Gasteiger partial charge in [-0.05, 0) is 23.6 Å². The van der Waals surface area contributed by atoms with Crippen LogP contribution in [0, 0.1) is 5.82 Å². The summed E-state index contributed by atoms with van der Waals surface area (Å²) in [5.41, 5.74) is 0. The number of hydrogen-bond acceptors (Lipinski definition) is 2. The predicted octanol–water partition coefficient (Wildman–Crippen LogP) is 4.16. The molecule has 0 spiro atoms. The van der Waals surface area contributed by atoms with Gasteiger partial charge < -0.3 is 4.74 Å². The molecule has 1 aromatic heterocycles. The second kappa shape index (κ2) is 5.32. The molecule has 1 nitrogen and oxygen atoms in total. The van der Waals surface area contributed by atoms with Crippen molar-refractivity contribution in [2.24, 2.45) is 0 Å². The van der Waals surface area contributed by atoms with E-state index in [2.05, 4.69) is 6.07 Å². The minimum absolute atomic E-state index is 0.116. The van der Waals surface area contributed by atoms with Crippen molar-refractivity contribution in [3.8, 4) is 5.75 Å². The van der Waals surface area contributed by atoms with Crippen LogP contribution < -0.4 is 4.74 Å². The van der Waals surface area contributed by atoms with Gasteiger partial charge in [0.05, 0.1) is 11.6 Å². The Morgan fingerprint density at radius 1 is 1.31 bits per heavy atom. The molecular weight excluding hydrogens is 247 g/mol. The van der Waals surface area contributed by atoms with Crippen LogP contribution in [0.4, 0.5) is 4.39 Å². The highest BCUT2D eigenvalue weighted by Crippen LogP contribution is 2.20. The minimum atomic E-state index is -0.449. The van der Waals surface area contributed by atoms with Crippen molar-refractivity contribution in [1.29, 1.82) is 0 Å². The summed E-state index contributed by atoms with van der Waals surface area (Å²) < 4.78 is 18.5. The third-order valence-electron chi connectivity index (χ3n) is 2.09. The van der Waals surface area contributed by atoms with Gasteiger partial charge in [0.2, 0.25) is 0 Å². The molecule has 0 atom stereocenters. The molecule has 84 valence electrons. The minimum Gasteiger partial charge on any atom is -0.493 e. The molecule has 0 aliphatic carbocycles. The average Bonchev–Trinajstić information content (AvgIpc) is 2.76. The smallest absolute Gasteiger partial charge is 0.145 e. The Labute approximate surface area is 102 Å². The largest absolute Gasteiger partial charge is 0.493 e. The Kier molecular flexibility index (Phi) is 3.80. The van der Waals surface area contributed by atoms with Crippen LogP contribution >= 0.6 is 22.9 Å². The maximum atomic E-state index is 13.1. The van der Waals surface area contributed by atoms with Gasteiger partial charge in [-0.2, -0.15) is 0 Å². The van der Waals surface area contributed by atoms with Gasteiger partial charge in [-0.25, -0.2) is 4.39 Å². The van der Waals surface area contributed by atoms with Crippen LogP contribution in [-0.4, -0.2) is 6.61 Å². The summed E-state index contributed by atoms with van der Waals surface area (Å²) >= 11 is 7.26. The molecular formula is C12H10ClFOS. The van der Waals surface area contributed by atoms with E-state index in [0.29, 0.717) is 12.4 Å². The number of thiophene rings is 1. The van der Waals surface area contributed by atoms with Gasteiger partial charge in [0.15, 0.2) is 0 Å². The third-order valence-corrected chi connectivity index (χ3v) is 3.33. The van der Waals surface area contributed by atoms with Crippen LogP contribution in [0.3, 0.4) is 0 Å². The van der Waals surface area contributed by atoms with Crippen LogP contribution in [0.25, 0.3) is 0 Å². The summed E-state index contributed by atoms with van der Waals surface area (Å²) in [6.45, 7) is 0.543. The first-order valence-corrected chi connectivity index (χ1v) is 6.12. The lowest BCUT2D eigenvalue weighted by molar-refractivity contribution is 0.321. The Morgan fingerprint density at radius 2 is 2.19 bits per heavy atom. The lowest BCUT2D eigenvalue weighted by Crippen LogP contribution is -2.00. The number of benzene rings is 1. The zero-order valence-corrected chi connectivity index (χ0v) is 10.0. The van der Waals surface area contributed by atoms with E-state index < -0.39 is 5.82 Å². The molecule has 4 heteroatoms. The predicted molar refractivity (Wildman–Crippen MR) is 64.9 cm³/mol. The van der Waals surface area contributed by atoms with E-state index in [4.69, 9.17) is 16.3 Å². The molecule has 0 N–H and O–H groups in total. The summed E-state index contributed by atoms with van der Waals surface area (Å²) in [6, 6.07) is 8.52. The molecule has 2 rings (SSSR count). The summed E-state index contributed by atoms with van der Waals surface area (Å²) in [4.78, 5) is 1.26. The second-order valence-electron chi connectivity index (χ2n) is 3.25. The maximum absolute atomic E-state index is 13.1. The number of ether oxygens (including phenoxy) is 1. The van der Waals surface area contributed by atoms with Crippen molar-refractivity contribution in [2.45, 2.75) is 6.42 Å². The molecule has 0 unspecified atom stereocenters. The molecule has 0 aliphatic heterocycles. The summed E-state index contributed by atoms with van der Waals surface area (Å²) in [5, 5.41) is 2.14. The van der Waals surface area contributed by atoms with Gasteiger partial charge in [0.1, 0.15) is 11.6 Å². The quantitative estimate of drug-likeness (QED) is 0.798. The Hall–Kier alpha value is -1.06. The first kappa shape index (κ1) is 11.4. The number of halogens is 2. The van der Waals surface area contributed by atoms with Crippen molar-refractivity contribution in [2.75, 3.05) is 6.61 Å². The average molecular weight is 257 g/mol. The first-order chi connectivity index (χ1) is 7.75. The van der Waals surface area contributed by atoms with Crippen molar-refractivity contribution >= 4 is 22.9 Å². The van der Waals surface area contributed by atoms with Gasteiger partial charge in [-0.3, -0.25) is 0 Å². The fourth-order valence-electron chi connectivity index (χ4n) is 1.29. The van der Waals surface area contributed by atoms with Gasteiger partial charge in [0.25, 0.3) is 0 Å². The molecule has 0 radical (unpaired) electrons. The van der Waals surface area contributed by atoms with Crippen LogP contribution in [0.5, 0.6) is 5.75 Å². The lowest BCUT2D eigenvalue weighted by atomic mass is 10.3. The van der Waals surface area contributed by atoms with Crippen LogP contribution in [0.15, 0.2) is 35.7 Å². The molecule has 0 bridgehead atoms. The van der Waals surface area contributed by atoms with Crippen LogP contribution in [0.1, 0.15) is 4.88 Å². The summed E-state index contributed by atoms with van der Waals surface area (Å²) in [7, 11) is 0. The highest BCUT2D eigenvalue weighted by Gasteiger charge is 2.02. The molecule has 0 aliphatic rings. The SMILES string of the molecule is Fc1cc(OCCc2cccs2)ccc1Cl. The molecule has 0 saturated carbocycles. The van der Waals surface area contributed by atoms with E-state index in [1.54, 1.807) is 17.4 Å². The van der Waals surface area contributed by atoms with Crippen molar-refractivity contribution in [1.82, 2.24) is 0 Å². The third kappa shape index (κ3) is 2.97. The molecule has 0 fully saturated rings. The molecule has 0 saturated heterocycles. The number of rotatable bonds is 4. The lowest BCUT2D eigenvalue weighted by Gasteiger charge is -2.05. The van der Waals surface area contributed by atoms with E-state index in [9.17, 15) is 4.39 Å². The maximum Gasteiger partial charge on any atom is 0.145 e. The van der Waals surface area contributed by atoms with E-state index >= 15 is 0 Å². The molecule has 0 amide bonds. The second-order valence-corrected chi connectivity index (χ2v) is 4.69. The Balaban J connectivity index is 1.87. The molecule has 1 aromatic carbocycles. The Morgan fingerprint density at radius 3 is 2.88 bits per heavy atom. The van der Waals surface area contributed by atoms with Crippen LogP contribution in [-0.2, 0) is 6.42 Å². The van der Waals surface area contributed by atoms with E-state index in [1.165, 1.54) is 17.0 Å². The van der Waals surface area contributed by atoms with E-state index in [0.717, 1.165) is 6.42 Å². The summed E-state index contributed by atoms with van der Waals surface area (Å²) in [5.74, 6) is 0.0637. The first-order valence-electron chi connectivity index (χ1n) is 4.86. The van der Waals surface area contributed by atoms with Crippen molar-refractivity contribution < 1.29 is 9.13 Å². The zero-order valence-electron chi connectivity index (χ0n) is 8.45. The zero-order chi connectivity index (χ0) is 11.4. The van der Waals surface area contributed by atoms with E-state index in [1.807, 2.05) is 11.4 Å². The highest BCUT2D eigenvalue weighted by atomic mass is 35.5. The number of hydrogen-bond donors (Lipinski definition) is 0. The topological polar surface area (TPSA) is 9.23 Å². The van der Waals surface area contributed by atoms with E-state index in [-0.39, 0.29) is 5.02 Å². The van der Waals surface area contributed by atoms with Gasteiger partial charge in [0, 0.05) is 17.4 Å². The Bertz CT molecular complexity index is 456.